The molecule has 0 bridgehead atoms. The van der Waals surface area contributed by atoms with Gasteiger partial charge in [-0.2, -0.15) is 0 Å². The molecule has 8 heteroatoms. The Kier molecular flexibility index (Phi) is 4.84. The van der Waals surface area contributed by atoms with Crippen molar-refractivity contribution in [1.29, 1.82) is 0 Å². The SMILES string of the molecule is CN(Cc1ccc(F)cc1)C(=O)c1coc(COc2ccc3c(c2)OCO3)n1. The number of oxazole rings is 1. The third kappa shape index (κ3) is 3.90. The lowest BCUT2D eigenvalue weighted by atomic mass is 10.2. The molecule has 4 rings (SSSR count). The summed E-state index contributed by atoms with van der Waals surface area (Å²) in [6.07, 6.45) is 1.29. The van der Waals surface area contributed by atoms with Gasteiger partial charge in [0, 0.05) is 19.7 Å². The van der Waals surface area contributed by atoms with Crippen LogP contribution in [0.25, 0.3) is 0 Å². The maximum Gasteiger partial charge on any atom is 0.275 e. The minimum atomic E-state index is -0.318. The zero-order chi connectivity index (χ0) is 19.5. The molecule has 28 heavy (non-hydrogen) atoms. The number of nitrogens with zero attached hydrogens (tertiary/aromatic N) is 2. The van der Waals surface area contributed by atoms with E-state index in [0.29, 0.717) is 23.8 Å². The highest BCUT2D eigenvalue weighted by molar-refractivity contribution is 5.91. The molecule has 3 aromatic rings. The first-order valence-corrected chi connectivity index (χ1v) is 8.55. The molecule has 0 saturated carbocycles. The number of hydrogen-bond donors (Lipinski definition) is 0. The molecule has 2 aromatic carbocycles. The van der Waals surface area contributed by atoms with Crippen molar-refractivity contribution in [2.24, 2.45) is 0 Å². The number of ether oxygens (including phenoxy) is 3. The van der Waals surface area contributed by atoms with Crippen molar-refractivity contribution in [2.45, 2.75) is 13.2 Å². The van der Waals surface area contributed by atoms with E-state index in [0.717, 1.165) is 5.56 Å². The van der Waals surface area contributed by atoms with Crippen LogP contribution in [0, 0.1) is 5.82 Å². The van der Waals surface area contributed by atoms with Crippen LogP contribution >= 0.6 is 0 Å². The molecule has 0 unspecified atom stereocenters. The number of benzene rings is 2. The summed E-state index contributed by atoms with van der Waals surface area (Å²) in [5.74, 6) is 1.51. The van der Waals surface area contributed by atoms with Crippen LogP contribution in [-0.4, -0.2) is 29.6 Å². The second-order valence-electron chi connectivity index (χ2n) is 6.22. The standard InChI is InChI=1S/C20H17FN2O5/c1-23(9-13-2-4-14(21)5-3-13)20(24)16-10-26-19(22-16)11-25-15-6-7-17-18(8-15)28-12-27-17/h2-8,10H,9,11-12H2,1H3. The van der Waals surface area contributed by atoms with Crippen molar-refractivity contribution >= 4 is 5.91 Å². The molecule has 0 saturated heterocycles. The van der Waals surface area contributed by atoms with Gasteiger partial charge in [-0.15, -0.1) is 0 Å². The molecular formula is C20H17FN2O5. The van der Waals surface area contributed by atoms with Gasteiger partial charge >= 0.3 is 0 Å². The first-order chi connectivity index (χ1) is 13.6. The molecule has 0 N–H and O–H groups in total. The number of rotatable bonds is 6. The van der Waals surface area contributed by atoms with Crippen LogP contribution < -0.4 is 14.2 Å². The second kappa shape index (κ2) is 7.59. The molecule has 0 spiro atoms. The number of carbonyl (C=O) groups is 1. The van der Waals surface area contributed by atoms with E-state index in [1.807, 2.05) is 0 Å². The predicted octanol–water partition coefficient (Wildman–Crippen LogP) is 3.39. The van der Waals surface area contributed by atoms with Crippen LogP contribution in [0.5, 0.6) is 17.2 Å². The summed E-state index contributed by atoms with van der Waals surface area (Å²) in [5, 5.41) is 0. The zero-order valence-electron chi connectivity index (χ0n) is 15.1. The Hall–Kier alpha value is -3.55. The first-order valence-electron chi connectivity index (χ1n) is 8.55. The lowest BCUT2D eigenvalue weighted by Gasteiger charge is -2.15. The highest BCUT2D eigenvalue weighted by Gasteiger charge is 2.18. The summed E-state index contributed by atoms with van der Waals surface area (Å²) < 4.78 is 34.5. The number of halogens is 1. The lowest BCUT2D eigenvalue weighted by molar-refractivity contribution is 0.0779. The van der Waals surface area contributed by atoms with Crippen molar-refractivity contribution in [1.82, 2.24) is 9.88 Å². The van der Waals surface area contributed by atoms with Crippen LogP contribution in [-0.2, 0) is 13.2 Å². The molecule has 0 aliphatic carbocycles. The molecule has 1 aliphatic rings. The van der Waals surface area contributed by atoms with Gasteiger partial charge in [0.1, 0.15) is 17.8 Å². The van der Waals surface area contributed by atoms with Crippen molar-refractivity contribution in [2.75, 3.05) is 13.8 Å². The van der Waals surface area contributed by atoms with E-state index in [9.17, 15) is 9.18 Å². The van der Waals surface area contributed by atoms with E-state index >= 15 is 0 Å². The molecule has 144 valence electrons. The minimum Gasteiger partial charge on any atom is -0.484 e. The molecule has 1 amide bonds. The summed E-state index contributed by atoms with van der Waals surface area (Å²) in [7, 11) is 1.64. The van der Waals surface area contributed by atoms with Gasteiger partial charge in [0.05, 0.1) is 0 Å². The van der Waals surface area contributed by atoms with Crippen LogP contribution in [0.3, 0.4) is 0 Å². The molecule has 0 fully saturated rings. The molecular weight excluding hydrogens is 367 g/mol. The van der Waals surface area contributed by atoms with Gasteiger partial charge in [0.2, 0.25) is 12.7 Å². The van der Waals surface area contributed by atoms with E-state index in [4.69, 9.17) is 18.6 Å². The maximum absolute atomic E-state index is 13.0. The highest BCUT2D eigenvalue weighted by Crippen LogP contribution is 2.35. The van der Waals surface area contributed by atoms with Crippen LogP contribution in [0.1, 0.15) is 21.9 Å². The number of fused-ring (bicyclic) bond motifs is 1. The maximum atomic E-state index is 13.0. The fourth-order valence-corrected chi connectivity index (χ4v) is 2.72. The summed E-state index contributed by atoms with van der Waals surface area (Å²) in [4.78, 5) is 18.1. The van der Waals surface area contributed by atoms with Gasteiger partial charge in [0.15, 0.2) is 23.8 Å². The molecule has 7 nitrogen and oxygen atoms in total. The Morgan fingerprint density at radius 3 is 2.79 bits per heavy atom. The average Bonchev–Trinajstić information content (AvgIpc) is 3.36. The van der Waals surface area contributed by atoms with E-state index in [-0.39, 0.29) is 36.7 Å². The third-order valence-electron chi connectivity index (χ3n) is 4.16. The number of aromatic nitrogens is 1. The Labute approximate surface area is 160 Å². The Morgan fingerprint density at radius 2 is 1.96 bits per heavy atom. The topological polar surface area (TPSA) is 74.0 Å². The molecule has 0 atom stereocenters. The fourth-order valence-electron chi connectivity index (χ4n) is 2.72. The van der Waals surface area contributed by atoms with Crippen LogP contribution in [0.4, 0.5) is 4.39 Å². The quantitative estimate of drug-likeness (QED) is 0.649. The minimum absolute atomic E-state index is 0.0641. The molecule has 2 heterocycles. The summed E-state index contributed by atoms with van der Waals surface area (Å²) >= 11 is 0. The smallest absolute Gasteiger partial charge is 0.275 e. The number of amides is 1. The van der Waals surface area contributed by atoms with Gasteiger partial charge in [-0.25, -0.2) is 9.37 Å². The molecule has 1 aromatic heterocycles. The number of hydrogen-bond acceptors (Lipinski definition) is 6. The van der Waals surface area contributed by atoms with Crippen LogP contribution in [0.15, 0.2) is 53.1 Å². The van der Waals surface area contributed by atoms with Gasteiger partial charge in [0.25, 0.3) is 5.91 Å². The first kappa shape index (κ1) is 17.8. The monoisotopic (exact) mass is 384 g/mol. The van der Waals surface area contributed by atoms with Crippen LogP contribution in [0.2, 0.25) is 0 Å². The lowest BCUT2D eigenvalue weighted by Crippen LogP contribution is -2.26. The van der Waals surface area contributed by atoms with Crippen molar-refractivity contribution in [3.8, 4) is 17.2 Å². The summed E-state index contributed by atoms with van der Waals surface area (Å²) in [5.41, 5.74) is 0.987. The van der Waals surface area contributed by atoms with Crippen molar-refractivity contribution in [3.63, 3.8) is 0 Å². The van der Waals surface area contributed by atoms with Gasteiger partial charge in [-0.1, -0.05) is 12.1 Å². The van der Waals surface area contributed by atoms with Crippen molar-refractivity contribution in [3.05, 3.63) is 71.7 Å². The summed E-state index contributed by atoms with van der Waals surface area (Å²) in [6.45, 7) is 0.582. The molecule has 1 aliphatic heterocycles. The Bertz CT molecular complexity index is 987. The number of carbonyl (C=O) groups excluding carboxylic acids is 1. The van der Waals surface area contributed by atoms with Gasteiger partial charge in [-0.05, 0) is 29.8 Å². The van der Waals surface area contributed by atoms with Gasteiger partial charge < -0.3 is 23.5 Å². The molecule has 0 radical (unpaired) electrons. The highest BCUT2D eigenvalue weighted by atomic mass is 19.1. The second-order valence-corrected chi connectivity index (χ2v) is 6.22. The fraction of sp³-hybridized carbons (Fsp3) is 0.200. The Morgan fingerprint density at radius 1 is 1.18 bits per heavy atom. The Balaban J connectivity index is 1.35. The van der Waals surface area contributed by atoms with E-state index in [2.05, 4.69) is 4.98 Å². The van der Waals surface area contributed by atoms with E-state index < -0.39 is 0 Å². The summed E-state index contributed by atoms with van der Waals surface area (Å²) in [6, 6.07) is 11.2. The predicted molar refractivity (Wildman–Crippen MR) is 95.6 cm³/mol. The third-order valence-corrected chi connectivity index (χ3v) is 4.16. The normalized spacial score (nSPS) is 12.1. The van der Waals surface area contributed by atoms with E-state index in [1.54, 1.807) is 37.4 Å². The average molecular weight is 384 g/mol. The largest absolute Gasteiger partial charge is 0.484 e. The van der Waals surface area contributed by atoms with Crippen molar-refractivity contribution < 1.29 is 27.8 Å². The zero-order valence-corrected chi connectivity index (χ0v) is 15.1. The van der Waals surface area contributed by atoms with E-state index in [1.165, 1.54) is 23.3 Å². The van der Waals surface area contributed by atoms with Gasteiger partial charge in [-0.3, -0.25) is 4.79 Å².